The number of aromatic nitrogens is 2. The predicted octanol–water partition coefficient (Wildman–Crippen LogP) is 5.40. The van der Waals surface area contributed by atoms with Gasteiger partial charge in [-0.25, -0.2) is 14.6 Å². The first-order valence-electron chi connectivity index (χ1n) is 9.92. The van der Waals surface area contributed by atoms with E-state index >= 15 is 0 Å². The molecule has 2 aromatic heterocycles. The fourth-order valence-electron chi connectivity index (χ4n) is 3.27. The molecule has 3 aromatic rings. The predicted molar refractivity (Wildman–Crippen MR) is 122 cm³/mol. The molecule has 1 aromatic carbocycles. The molecule has 0 bridgehead atoms. The second kappa shape index (κ2) is 10.4. The standard InChI is InChI=1S/C23H23ClN2O4S/c1-2-3-9-20-25-13-17(11-16(22(27)28)12-18-7-5-10-31-18)26(20)14-15-6-4-8-19(21(15)24)23(29)30/h4-8,10-11,13H,2-3,9,12,14H2,1H3,(H,27,28)(H,29,30)/b16-11+. The van der Waals surface area contributed by atoms with Crippen molar-refractivity contribution in [3.05, 3.63) is 80.0 Å². The van der Waals surface area contributed by atoms with Crippen LogP contribution in [0.25, 0.3) is 6.08 Å². The van der Waals surface area contributed by atoms with E-state index in [9.17, 15) is 19.8 Å². The van der Waals surface area contributed by atoms with Crippen molar-refractivity contribution in [2.75, 3.05) is 0 Å². The van der Waals surface area contributed by atoms with Crippen molar-refractivity contribution in [3.8, 4) is 0 Å². The molecule has 6 nitrogen and oxygen atoms in total. The molecule has 162 valence electrons. The average Bonchev–Trinajstić information content (AvgIpc) is 3.37. The van der Waals surface area contributed by atoms with E-state index in [-0.39, 0.29) is 16.2 Å². The number of imidazole rings is 1. The Morgan fingerprint density at radius 2 is 2.03 bits per heavy atom. The molecule has 0 radical (unpaired) electrons. The van der Waals surface area contributed by atoms with Gasteiger partial charge in [0.25, 0.3) is 0 Å². The van der Waals surface area contributed by atoms with Crippen LogP contribution in [-0.4, -0.2) is 31.7 Å². The van der Waals surface area contributed by atoms with Gasteiger partial charge in [-0.1, -0.05) is 43.1 Å². The lowest BCUT2D eigenvalue weighted by molar-refractivity contribution is -0.132. The Hall–Kier alpha value is -2.90. The quantitative estimate of drug-likeness (QED) is 0.397. The first-order valence-corrected chi connectivity index (χ1v) is 11.2. The third kappa shape index (κ3) is 5.62. The molecule has 0 fully saturated rings. The molecule has 0 saturated heterocycles. The van der Waals surface area contributed by atoms with Crippen molar-refractivity contribution in [1.29, 1.82) is 0 Å². The van der Waals surface area contributed by atoms with Gasteiger partial charge in [-0.05, 0) is 35.6 Å². The van der Waals surface area contributed by atoms with Gasteiger partial charge in [0.2, 0.25) is 0 Å². The Kier molecular flexibility index (Phi) is 7.65. The summed E-state index contributed by atoms with van der Waals surface area (Å²) in [5, 5.41) is 21.2. The number of hydrogen-bond acceptors (Lipinski definition) is 4. The lowest BCUT2D eigenvalue weighted by atomic mass is 10.1. The number of unbranched alkanes of at least 4 members (excludes halogenated alkanes) is 1. The molecular formula is C23H23ClN2O4S. The number of carbonyl (C=O) groups is 2. The van der Waals surface area contributed by atoms with Crippen LogP contribution in [0, 0.1) is 0 Å². The van der Waals surface area contributed by atoms with Gasteiger partial charge in [-0.15, -0.1) is 11.3 Å². The minimum atomic E-state index is -1.09. The molecule has 8 heteroatoms. The van der Waals surface area contributed by atoms with Crippen LogP contribution in [0.4, 0.5) is 0 Å². The highest BCUT2D eigenvalue weighted by Crippen LogP contribution is 2.25. The number of halogens is 1. The summed E-state index contributed by atoms with van der Waals surface area (Å²) < 4.78 is 1.92. The molecule has 0 unspecified atom stereocenters. The monoisotopic (exact) mass is 458 g/mol. The normalized spacial score (nSPS) is 11.6. The third-order valence-electron chi connectivity index (χ3n) is 4.90. The van der Waals surface area contributed by atoms with E-state index in [1.165, 1.54) is 17.4 Å². The largest absolute Gasteiger partial charge is 0.478 e. The fraction of sp³-hybridized carbons (Fsp3) is 0.261. The van der Waals surface area contributed by atoms with Crippen molar-refractivity contribution in [2.24, 2.45) is 0 Å². The molecule has 0 atom stereocenters. The highest BCUT2D eigenvalue weighted by molar-refractivity contribution is 7.09. The summed E-state index contributed by atoms with van der Waals surface area (Å²) in [7, 11) is 0. The number of carboxylic acid groups (broad SMARTS) is 2. The number of aryl methyl sites for hydroxylation is 1. The first kappa shape index (κ1) is 22.8. The fourth-order valence-corrected chi connectivity index (χ4v) is 4.26. The zero-order chi connectivity index (χ0) is 22.4. The zero-order valence-corrected chi connectivity index (χ0v) is 18.6. The minimum Gasteiger partial charge on any atom is -0.478 e. The number of aliphatic carboxylic acids is 1. The Morgan fingerprint density at radius 1 is 1.23 bits per heavy atom. The molecule has 0 saturated carbocycles. The van der Waals surface area contributed by atoms with E-state index in [0.29, 0.717) is 24.2 Å². The van der Waals surface area contributed by atoms with E-state index in [2.05, 4.69) is 11.9 Å². The van der Waals surface area contributed by atoms with Crippen LogP contribution in [0.5, 0.6) is 0 Å². The maximum atomic E-state index is 11.9. The van der Waals surface area contributed by atoms with Crippen LogP contribution in [0.1, 0.15) is 52.1 Å². The van der Waals surface area contributed by atoms with Gasteiger partial charge in [-0.2, -0.15) is 0 Å². The van der Waals surface area contributed by atoms with Gasteiger partial charge in [-0.3, -0.25) is 0 Å². The maximum Gasteiger partial charge on any atom is 0.337 e. The van der Waals surface area contributed by atoms with Crippen LogP contribution in [0.15, 0.2) is 47.5 Å². The molecule has 3 rings (SSSR count). The molecule has 0 aliphatic rings. The van der Waals surface area contributed by atoms with Gasteiger partial charge in [0.15, 0.2) is 0 Å². The average molecular weight is 459 g/mol. The van der Waals surface area contributed by atoms with Gasteiger partial charge < -0.3 is 14.8 Å². The van der Waals surface area contributed by atoms with Gasteiger partial charge in [0, 0.05) is 23.3 Å². The smallest absolute Gasteiger partial charge is 0.337 e. The third-order valence-corrected chi connectivity index (χ3v) is 6.22. The van der Waals surface area contributed by atoms with Crippen LogP contribution in [0.3, 0.4) is 0 Å². The number of aromatic carboxylic acids is 1. The topological polar surface area (TPSA) is 92.4 Å². The van der Waals surface area contributed by atoms with E-state index in [1.807, 2.05) is 22.1 Å². The summed E-state index contributed by atoms with van der Waals surface area (Å²) in [6.07, 6.45) is 6.28. The lowest BCUT2D eigenvalue weighted by Crippen LogP contribution is -2.10. The van der Waals surface area contributed by atoms with Crippen LogP contribution in [-0.2, 0) is 24.2 Å². The first-order chi connectivity index (χ1) is 14.9. The Bertz CT molecular complexity index is 1100. The molecule has 31 heavy (non-hydrogen) atoms. The summed E-state index contributed by atoms with van der Waals surface area (Å²) >= 11 is 7.87. The van der Waals surface area contributed by atoms with Crippen molar-refractivity contribution >= 4 is 41.0 Å². The van der Waals surface area contributed by atoms with E-state index < -0.39 is 11.9 Å². The molecule has 0 spiro atoms. The number of thiophene rings is 1. The van der Waals surface area contributed by atoms with E-state index in [1.54, 1.807) is 24.4 Å². The highest BCUT2D eigenvalue weighted by Gasteiger charge is 2.17. The summed E-state index contributed by atoms with van der Waals surface area (Å²) in [6.45, 7) is 2.39. The maximum absolute atomic E-state index is 11.9. The summed E-state index contributed by atoms with van der Waals surface area (Å²) in [6, 6.07) is 8.69. The lowest BCUT2D eigenvalue weighted by Gasteiger charge is -2.13. The minimum absolute atomic E-state index is 0.0374. The molecule has 0 aliphatic heterocycles. The number of benzene rings is 1. The van der Waals surface area contributed by atoms with Gasteiger partial charge in [0.05, 0.1) is 29.0 Å². The summed E-state index contributed by atoms with van der Waals surface area (Å²) in [5.41, 5.74) is 1.59. The van der Waals surface area contributed by atoms with Crippen LogP contribution in [0.2, 0.25) is 5.02 Å². The Morgan fingerprint density at radius 3 is 2.68 bits per heavy atom. The van der Waals surface area contributed by atoms with Crippen LogP contribution >= 0.6 is 22.9 Å². The Labute approximate surface area is 189 Å². The Balaban J connectivity index is 2.02. The molecule has 2 heterocycles. The summed E-state index contributed by atoms with van der Waals surface area (Å²) in [4.78, 5) is 28.8. The van der Waals surface area contributed by atoms with Crippen molar-refractivity contribution in [2.45, 2.75) is 39.2 Å². The zero-order valence-electron chi connectivity index (χ0n) is 17.0. The van der Waals surface area contributed by atoms with Gasteiger partial charge in [0.1, 0.15) is 5.82 Å². The van der Waals surface area contributed by atoms with E-state index in [4.69, 9.17) is 11.6 Å². The second-order valence-electron chi connectivity index (χ2n) is 7.10. The molecular weight excluding hydrogens is 436 g/mol. The van der Waals surface area contributed by atoms with Crippen molar-refractivity contribution in [1.82, 2.24) is 9.55 Å². The number of hydrogen-bond donors (Lipinski definition) is 2. The van der Waals surface area contributed by atoms with E-state index in [0.717, 1.165) is 30.0 Å². The second-order valence-corrected chi connectivity index (χ2v) is 8.51. The summed E-state index contributed by atoms with van der Waals surface area (Å²) in [5.74, 6) is -1.26. The van der Waals surface area contributed by atoms with Crippen molar-refractivity contribution < 1.29 is 19.8 Å². The van der Waals surface area contributed by atoms with Crippen molar-refractivity contribution in [3.63, 3.8) is 0 Å². The van der Waals surface area contributed by atoms with Gasteiger partial charge >= 0.3 is 11.9 Å². The molecule has 2 N–H and O–H groups in total. The highest BCUT2D eigenvalue weighted by atomic mass is 35.5. The molecule has 0 aliphatic carbocycles. The molecule has 0 amide bonds. The SMILES string of the molecule is CCCCc1ncc(/C=C(\Cc2cccs2)C(=O)O)n1Cc1cccc(C(=O)O)c1Cl. The van der Waals surface area contributed by atoms with Crippen LogP contribution < -0.4 is 0 Å². The number of rotatable bonds is 10. The number of nitrogens with zero attached hydrogens (tertiary/aromatic N) is 2. The number of carboxylic acids is 2.